The van der Waals surface area contributed by atoms with E-state index in [2.05, 4.69) is 30.8 Å². The van der Waals surface area contributed by atoms with Crippen LogP contribution in [-0.4, -0.2) is 18.8 Å². The van der Waals surface area contributed by atoms with Crippen LogP contribution in [0.3, 0.4) is 0 Å². The number of ether oxygens (including phenoxy) is 2. The van der Waals surface area contributed by atoms with E-state index in [1.54, 1.807) is 0 Å². The van der Waals surface area contributed by atoms with Crippen molar-refractivity contribution in [1.29, 1.82) is 0 Å². The lowest BCUT2D eigenvalue weighted by Gasteiger charge is -2.29. The van der Waals surface area contributed by atoms with Gasteiger partial charge in [-0.1, -0.05) is 36.4 Å². The summed E-state index contributed by atoms with van der Waals surface area (Å²) in [5.74, 6) is 0. The Kier molecular flexibility index (Phi) is 5.43. The summed E-state index contributed by atoms with van der Waals surface area (Å²) < 4.78 is 11.7. The molecule has 0 spiro atoms. The Morgan fingerprint density at radius 1 is 1.11 bits per heavy atom. The molecule has 2 atom stereocenters. The second-order valence-corrected chi connectivity index (χ2v) is 4.83. The van der Waals surface area contributed by atoms with Crippen LogP contribution < -0.4 is 0 Å². The first-order chi connectivity index (χ1) is 8.88. The summed E-state index contributed by atoms with van der Waals surface area (Å²) in [4.78, 5) is 0. The maximum atomic E-state index is 5.97. The highest BCUT2D eigenvalue weighted by Crippen LogP contribution is 2.24. The number of hydrogen-bond acceptors (Lipinski definition) is 2. The van der Waals surface area contributed by atoms with Crippen molar-refractivity contribution in [2.45, 2.75) is 44.5 Å². The molecule has 1 aromatic carbocycles. The molecule has 0 bridgehead atoms. The van der Waals surface area contributed by atoms with Gasteiger partial charge in [0.15, 0.2) is 0 Å². The van der Waals surface area contributed by atoms with Crippen molar-refractivity contribution in [2.24, 2.45) is 0 Å². The van der Waals surface area contributed by atoms with Gasteiger partial charge in [0.25, 0.3) is 0 Å². The van der Waals surface area contributed by atoms with Gasteiger partial charge < -0.3 is 9.47 Å². The zero-order valence-corrected chi connectivity index (χ0v) is 10.9. The zero-order valence-electron chi connectivity index (χ0n) is 10.9. The van der Waals surface area contributed by atoms with Crippen molar-refractivity contribution >= 4 is 0 Å². The van der Waals surface area contributed by atoms with Crippen LogP contribution in [0.1, 0.15) is 31.2 Å². The van der Waals surface area contributed by atoms with Gasteiger partial charge in [0, 0.05) is 0 Å². The molecule has 2 nitrogen and oxygen atoms in total. The van der Waals surface area contributed by atoms with Crippen molar-refractivity contribution in [3.63, 3.8) is 0 Å². The van der Waals surface area contributed by atoms with Gasteiger partial charge in [0.05, 0.1) is 25.4 Å². The van der Waals surface area contributed by atoms with Crippen molar-refractivity contribution in [1.82, 2.24) is 0 Å². The minimum Gasteiger partial charge on any atom is -0.374 e. The van der Waals surface area contributed by atoms with Gasteiger partial charge in [-0.2, -0.15) is 0 Å². The molecule has 0 heterocycles. The molecule has 1 unspecified atom stereocenters. The quantitative estimate of drug-likeness (QED) is 0.712. The number of benzene rings is 1. The average molecular weight is 246 g/mol. The highest BCUT2D eigenvalue weighted by molar-refractivity contribution is 5.13. The Bertz CT molecular complexity index is 347. The molecule has 1 aromatic rings. The molecule has 2 heteroatoms. The molecule has 18 heavy (non-hydrogen) atoms. The van der Waals surface area contributed by atoms with E-state index in [0.717, 1.165) is 19.3 Å². The van der Waals surface area contributed by atoms with Crippen molar-refractivity contribution in [3.8, 4) is 0 Å². The van der Waals surface area contributed by atoms with E-state index in [0.29, 0.717) is 25.4 Å². The van der Waals surface area contributed by atoms with E-state index >= 15 is 0 Å². The van der Waals surface area contributed by atoms with Gasteiger partial charge >= 0.3 is 0 Å². The molecule has 1 aliphatic carbocycles. The molecule has 1 fully saturated rings. The largest absolute Gasteiger partial charge is 0.374 e. The summed E-state index contributed by atoms with van der Waals surface area (Å²) in [6, 6.07) is 10.3. The molecule has 2 rings (SSSR count). The van der Waals surface area contributed by atoms with E-state index in [4.69, 9.17) is 9.47 Å². The Balaban J connectivity index is 1.74. The topological polar surface area (TPSA) is 18.5 Å². The molecule has 0 amide bonds. The monoisotopic (exact) mass is 246 g/mol. The third-order valence-electron chi connectivity index (χ3n) is 3.36. The van der Waals surface area contributed by atoms with Crippen molar-refractivity contribution in [2.75, 3.05) is 6.61 Å². The Labute approximate surface area is 110 Å². The molecule has 98 valence electrons. The third-order valence-corrected chi connectivity index (χ3v) is 3.36. The first kappa shape index (κ1) is 13.3. The lowest BCUT2D eigenvalue weighted by molar-refractivity contribution is -0.0439. The molecule has 0 aliphatic heterocycles. The molecule has 1 saturated carbocycles. The van der Waals surface area contributed by atoms with Crippen LogP contribution in [0.15, 0.2) is 43.0 Å². The zero-order chi connectivity index (χ0) is 12.6. The minimum atomic E-state index is 0.341. The summed E-state index contributed by atoms with van der Waals surface area (Å²) in [5, 5.41) is 0. The maximum Gasteiger partial charge on any atom is 0.0720 e. The summed E-state index contributed by atoms with van der Waals surface area (Å²) in [6.45, 7) is 5.04. The van der Waals surface area contributed by atoms with E-state index < -0.39 is 0 Å². The van der Waals surface area contributed by atoms with E-state index in [1.165, 1.54) is 12.0 Å². The first-order valence-corrected chi connectivity index (χ1v) is 6.76. The third kappa shape index (κ3) is 4.28. The molecular weight excluding hydrogens is 224 g/mol. The SMILES string of the molecule is C=CCOC1CCC[C@H](OCc2ccccc2)C1. The average Bonchev–Trinajstić information content (AvgIpc) is 2.44. The fraction of sp³-hybridized carbons (Fsp3) is 0.500. The summed E-state index contributed by atoms with van der Waals surface area (Å²) in [7, 11) is 0. The van der Waals surface area contributed by atoms with E-state index in [1.807, 2.05) is 12.1 Å². The molecule has 0 aromatic heterocycles. The van der Waals surface area contributed by atoms with Crippen LogP contribution in [0.4, 0.5) is 0 Å². The van der Waals surface area contributed by atoms with Crippen molar-refractivity contribution < 1.29 is 9.47 Å². The molecule has 0 radical (unpaired) electrons. The van der Waals surface area contributed by atoms with E-state index in [9.17, 15) is 0 Å². The highest BCUT2D eigenvalue weighted by Gasteiger charge is 2.22. The van der Waals surface area contributed by atoms with Gasteiger partial charge in [-0.15, -0.1) is 6.58 Å². The van der Waals surface area contributed by atoms with Gasteiger partial charge in [-0.25, -0.2) is 0 Å². The predicted molar refractivity (Wildman–Crippen MR) is 73.4 cm³/mol. The van der Waals surface area contributed by atoms with Crippen LogP contribution in [0.2, 0.25) is 0 Å². The second-order valence-electron chi connectivity index (χ2n) is 4.83. The molecule has 1 aliphatic rings. The Hall–Kier alpha value is -1.12. The standard InChI is InChI=1S/C16H22O2/c1-2-11-17-15-9-6-10-16(12-15)18-13-14-7-4-3-5-8-14/h2-5,7-8,15-16H,1,6,9-13H2/t15?,16-/m0/s1. The van der Waals surface area contributed by atoms with Gasteiger partial charge in [-0.05, 0) is 31.2 Å². The van der Waals surface area contributed by atoms with Gasteiger partial charge in [-0.3, -0.25) is 0 Å². The van der Waals surface area contributed by atoms with Gasteiger partial charge in [0.1, 0.15) is 0 Å². The second kappa shape index (κ2) is 7.34. The molecule has 0 saturated heterocycles. The lowest BCUT2D eigenvalue weighted by Crippen LogP contribution is -2.28. The van der Waals surface area contributed by atoms with Crippen LogP contribution in [0.5, 0.6) is 0 Å². The van der Waals surface area contributed by atoms with Crippen LogP contribution in [0.25, 0.3) is 0 Å². The minimum absolute atomic E-state index is 0.341. The summed E-state index contributed by atoms with van der Waals surface area (Å²) >= 11 is 0. The molecular formula is C16H22O2. The highest BCUT2D eigenvalue weighted by atomic mass is 16.5. The Morgan fingerprint density at radius 2 is 1.83 bits per heavy atom. The summed E-state index contributed by atoms with van der Waals surface area (Å²) in [6.07, 6.45) is 7.02. The van der Waals surface area contributed by atoms with Crippen LogP contribution >= 0.6 is 0 Å². The fourth-order valence-corrected chi connectivity index (χ4v) is 2.40. The Morgan fingerprint density at radius 3 is 2.56 bits per heavy atom. The first-order valence-electron chi connectivity index (χ1n) is 6.76. The van der Waals surface area contributed by atoms with Crippen molar-refractivity contribution in [3.05, 3.63) is 48.6 Å². The maximum absolute atomic E-state index is 5.97. The fourth-order valence-electron chi connectivity index (χ4n) is 2.40. The summed E-state index contributed by atoms with van der Waals surface area (Å²) in [5.41, 5.74) is 1.24. The van der Waals surface area contributed by atoms with Gasteiger partial charge in [0.2, 0.25) is 0 Å². The predicted octanol–water partition coefficient (Wildman–Crippen LogP) is 3.72. The molecule has 0 N–H and O–H groups in total. The number of rotatable bonds is 6. The normalized spacial score (nSPS) is 23.8. The number of hydrogen-bond donors (Lipinski definition) is 0. The smallest absolute Gasteiger partial charge is 0.0720 e. The van der Waals surface area contributed by atoms with E-state index in [-0.39, 0.29) is 0 Å². The van der Waals surface area contributed by atoms with Crippen LogP contribution in [0, 0.1) is 0 Å². The van der Waals surface area contributed by atoms with Crippen LogP contribution in [-0.2, 0) is 16.1 Å². The lowest BCUT2D eigenvalue weighted by atomic mass is 9.95.